The van der Waals surface area contributed by atoms with Gasteiger partial charge in [0.05, 0.1) is 6.10 Å². The van der Waals surface area contributed by atoms with Crippen molar-refractivity contribution in [2.45, 2.75) is 58.3 Å². The van der Waals surface area contributed by atoms with Crippen LogP contribution in [-0.4, -0.2) is 45.4 Å². The fraction of sp³-hybridized carbons (Fsp3) is 0.500. The zero-order valence-corrected chi connectivity index (χ0v) is 15.3. The van der Waals surface area contributed by atoms with Crippen molar-refractivity contribution in [2.75, 3.05) is 0 Å². The minimum Gasteiger partial charge on any atom is -0.507 e. The summed E-state index contributed by atoms with van der Waals surface area (Å²) >= 11 is 0. The number of aryl methyl sites for hydroxylation is 2. The van der Waals surface area contributed by atoms with Crippen LogP contribution in [0.4, 0.5) is 0 Å². The van der Waals surface area contributed by atoms with Gasteiger partial charge in [0.2, 0.25) is 0 Å². The van der Waals surface area contributed by atoms with Crippen molar-refractivity contribution < 1.29 is 29.6 Å². The molecule has 26 heavy (non-hydrogen) atoms. The van der Waals surface area contributed by atoms with Crippen LogP contribution in [-0.2, 0) is 16.0 Å². The Morgan fingerprint density at radius 3 is 2.54 bits per heavy atom. The molecule has 6 nitrogen and oxygen atoms in total. The van der Waals surface area contributed by atoms with Gasteiger partial charge in [0.25, 0.3) is 0 Å². The summed E-state index contributed by atoms with van der Waals surface area (Å²) < 4.78 is 5.46. The van der Waals surface area contributed by atoms with E-state index in [1.165, 1.54) is 18.2 Å². The summed E-state index contributed by atoms with van der Waals surface area (Å²) in [7, 11) is 0. The molecule has 0 saturated carbocycles. The molecule has 0 aliphatic carbocycles. The lowest BCUT2D eigenvalue weighted by molar-refractivity contribution is -0.128. The Morgan fingerprint density at radius 2 is 1.85 bits per heavy atom. The minimum absolute atomic E-state index is 0.127. The van der Waals surface area contributed by atoms with E-state index in [0.717, 1.165) is 5.56 Å². The number of carbonyl (C=O) groups is 2. The number of carbonyl (C=O) groups excluding carboxylic acids is 2. The first kappa shape index (κ1) is 20.1. The van der Waals surface area contributed by atoms with E-state index in [0.29, 0.717) is 18.4 Å². The highest BCUT2D eigenvalue weighted by Crippen LogP contribution is 2.27. The van der Waals surface area contributed by atoms with E-state index < -0.39 is 30.1 Å². The summed E-state index contributed by atoms with van der Waals surface area (Å²) in [5.41, 5.74) is 1.55. The van der Waals surface area contributed by atoms with E-state index in [-0.39, 0.29) is 23.7 Å². The zero-order chi connectivity index (χ0) is 19.4. The van der Waals surface area contributed by atoms with Crippen molar-refractivity contribution in [3.63, 3.8) is 0 Å². The molecular weight excluding hydrogens is 336 g/mol. The number of aliphatic hydroxyl groups excluding tert-OH is 2. The van der Waals surface area contributed by atoms with Crippen LogP contribution in [0.1, 0.15) is 48.2 Å². The standard InChI is InChI=1S/C20H26O6/c1-11-9-14-5-4-6-15(21)19(24)16(22)8-7-12(2)13(3)26-20(25)18(14)17(23)10-11/h7-10,12-13,15,19,21,23-24H,4-6H2,1-3H3/b8-7-/t12-,13+,15+,19+/m1/s1. The summed E-state index contributed by atoms with van der Waals surface area (Å²) in [6.45, 7) is 5.27. The molecule has 0 unspecified atom stereocenters. The van der Waals surface area contributed by atoms with E-state index in [9.17, 15) is 24.9 Å². The highest BCUT2D eigenvalue weighted by atomic mass is 16.5. The number of aromatic hydroxyl groups is 1. The van der Waals surface area contributed by atoms with Crippen LogP contribution < -0.4 is 0 Å². The van der Waals surface area contributed by atoms with Crippen LogP contribution in [0.25, 0.3) is 0 Å². The maximum atomic E-state index is 12.6. The van der Waals surface area contributed by atoms with Gasteiger partial charge in [0.15, 0.2) is 5.78 Å². The number of fused-ring (bicyclic) bond motifs is 1. The third-order valence-corrected chi connectivity index (χ3v) is 4.75. The smallest absolute Gasteiger partial charge is 0.342 e. The SMILES string of the molecule is Cc1cc(O)c2c(c1)CCC[C@H](O)[C@H](O)C(=O)/C=C\[C@@H](C)[C@H](C)OC2=O. The molecule has 6 heteroatoms. The highest BCUT2D eigenvalue weighted by Gasteiger charge is 2.26. The summed E-state index contributed by atoms with van der Waals surface area (Å²) in [5.74, 6) is -1.61. The number of phenols is 1. The maximum absolute atomic E-state index is 12.6. The molecule has 2 rings (SSSR count). The minimum atomic E-state index is -1.48. The Labute approximate surface area is 153 Å². The number of phenolic OH excluding ortho intramolecular Hbond substituents is 1. The van der Waals surface area contributed by atoms with Gasteiger partial charge in [0, 0.05) is 5.92 Å². The van der Waals surface area contributed by atoms with Crippen molar-refractivity contribution >= 4 is 11.8 Å². The van der Waals surface area contributed by atoms with E-state index in [1.54, 1.807) is 19.9 Å². The summed E-state index contributed by atoms with van der Waals surface area (Å²) in [6.07, 6.45) is 0.574. The number of hydrogen-bond donors (Lipinski definition) is 3. The van der Waals surface area contributed by atoms with Crippen LogP contribution in [0.5, 0.6) is 5.75 Å². The third kappa shape index (κ3) is 4.71. The van der Waals surface area contributed by atoms with Crippen molar-refractivity contribution in [3.8, 4) is 5.75 Å². The molecule has 0 bridgehead atoms. The molecule has 4 atom stereocenters. The fourth-order valence-corrected chi connectivity index (χ4v) is 2.96. The summed E-state index contributed by atoms with van der Waals surface area (Å²) in [6, 6.07) is 3.30. The second kappa shape index (κ2) is 8.47. The number of rotatable bonds is 0. The van der Waals surface area contributed by atoms with Gasteiger partial charge in [-0.2, -0.15) is 0 Å². The van der Waals surface area contributed by atoms with Crippen molar-refractivity contribution in [1.82, 2.24) is 0 Å². The molecule has 1 aliphatic heterocycles. The van der Waals surface area contributed by atoms with E-state index in [2.05, 4.69) is 0 Å². The molecule has 0 saturated heterocycles. The van der Waals surface area contributed by atoms with Gasteiger partial charge in [-0.3, -0.25) is 4.79 Å². The van der Waals surface area contributed by atoms with Gasteiger partial charge in [-0.15, -0.1) is 0 Å². The topological polar surface area (TPSA) is 104 Å². The first-order valence-corrected chi connectivity index (χ1v) is 8.82. The number of benzene rings is 1. The second-order valence-corrected chi connectivity index (χ2v) is 6.95. The largest absolute Gasteiger partial charge is 0.507 e. The number of ether oxygens (including phenoxy) is 1. The molecule has 0 amide bonds. The molecule has 1 aliphatic rings. The number of esters is 1. The Kier molecular flexibility index (Phi) is 6.56. The quantitative estimate of drug-likeness (QED) is 0.610. The van der Waals surface area contributed by atoms with Crippen molar-refractivity contribution in [1.29, 1.82) is 0 Å². The Hall–Kier alpha value is -2.18. The summed E-state index contributed by atoms with van der Waals surface area (Å²) in [5, 5.41) is 30.2. The average molecular weight is 362 g/mol. The number of hydrogen-bond acceptors (Lipinski definition) is 6. The molecule has 1 aromatic carbocycles. The molecule has 0 fully saturated rings. The second-order valence-electron chi connectivity index (χ2n) is 6.95. The molecule has 3 N–H and O–H groups in total. The molecule has 0 spiro atoms. The Bertz CT molecular complexity index is 708. The third-order valence-electron chi connectivity index (χ3n) is 4.75. The van der Waals surface area contributed by atoms with Crippen LogP contribution in [0.15, 0.2) is 24.3 Å². The molecule has 0 aromatic heterocycles. The van der Waals surface area contributed by atoms with E-state index in [4.69, 9.17) is 4.74 Å². The fourth-order valence-electron chi connectivity index (χ4n) is 2.96. The molecule has 0 radical (unpaired) electrons. The van der Waals surface area contributed by atoms with Gasteiger partial charge in [-0.05, 0) is 56.4 Å². The van der Waals surface area contributed by atoms with Gasteiger partial charge < -0.3 is 20.1 Å². The van der Waals surface area contributed by atoms with Gasteiger partial charge in [-0.25, -0.2) is 4.79 Å². The molecule has 1 aromatic rings. The van der Waals surface area contributed by atoms with Gasteiger partial charge >= 0.3 is 5.97 Å². The zero-order valence-electron chi connectivity index (χ0n) is 15.3. The first-order chi connectivity index (χ1) is 12.2. The lowest BCUT2D eigenvalue weighted by atomic mass is 9.95. The molecular formula is C20H26O6. The van der Waals surface area contributed by atoms with Crippen molar-refractivity contribution in [3.05, 3.63) is 41.0 Å². The van der Waals surface area contributed by atoms with Crippen LogP contribution >= 0.6 is 0 Å². The van der Waals surface area contributed by atoms with Crippen LogP contribution in [0.3, 0.4) is 0 Å². The van der Waals surface area contributed by atoms with E-state index >= 15 is 0 Å². The summed E-state index contributed by atoms with van der Waals surface area (Å²) in [4.78, 5) is 24.5. The Morgan fingerprint density at radius 1 is 1.15 bits per heavy atom. The normalized spacial score (nSPS) is 29.4. The van der Waals surface area contributed by atoms with Crippen LogP contribution in [0.2, 0.25) is 0 Å². The Balaban J connectivity index is 2.39. The number of cyclic esters (lactones) is 1. The van der Waals surface area contributed by atoms with Gasteiger partial charge in [0.1, 0.15) is 23.5 Å². The van der Waals surface area contributed by atoms with Crippen molar-refractivity contribution in [2.24, 2.45) is 5.92 Å². The van der Waals surface area contributed by atoms with Crippen LogP contribution in [0, 0.1) is 12.8 Å². The lowest BCUT2D eigenvalue weighted by Gasteiger charge is -2.21. The first-order valence-electron chi connectivity index (χ1n) is 8.82. The monoisotopic (exact) mass is 362 g/mol. The average Bonchev–Trinajstić information content (AvgIpc) is 2.56. The molecule has 142 valence electrons. The maximum Gasteiger partial charge on any atom is 0.342 e. The molecule has 1 heterocycles. The number of ketones is 1. The highest BCUT2D eigenvalue weighted by molar-refractivity contribution is 5.95. The number of aliphatic hydroxyl groups is 2. The predicted molar refractivity (Wildman–Crippen MR) is 96.0 cm³/mol. The van der Waals surface area contributed by atoms with Gasteiger partial charge in [-0.1, -0.05) is 19.1 Å². The van der Waals surface area contributed by atoms with E-state index in [1.807, 2.05) is 6.92 Å². The lowest BCUT2D eigenvalue weighted by Crippen LogP contribution is -2.33. The predicted octanol–water partition coefficient (Wildman–Crippen LogP) is 2.07.